The number of amides is 6. The highest BCUT2D eigenvalue weighted by molar-refractivity contribution is 6.04. The highest BCUT2D eigenvalue weighted by atomic mass is 16.2. The van der Waals surface area contributed by atoms with Gasteiger partial charge < -0.3 is 14.7 Å². The van der Waals surface area contributed by atoms with Gasteiger partial charge in [0.2, 0.25) is 0 Å². The molecule has 15 heteroatoms. The zero-order valence-electron chi connectivity index (χ0n) is 29.4. The number of urea groups is 2. The first-order valence-electron chi connectivity index (χ1n) is 18.0. The summed E-state index contributed by atoms with van der Waals surface area (Å²) in [5, 5.41) is 12.3. The molecular weight excluding hydrogens is 690 g/mol. The molecule has 3 aromatic rings. The number of carbonyl (C=O) groups excluding carboxylic acids is 6. The molecule has 0 saturated carbocycles. The summed E-state index contributed by atoms with van der Waals surface area (Å²) in [5.74, 6) is -1.24. The minimum atomic E-state index is -0.734. The van der Waals surface area contributed by atoms with Gasteiger partial charge in [0.25, 0.3) is 11.8 Å². The van der Waals surface area contributed by atoms with Gasteiger partial charge in [-0.2, -0.15) is 15.3 Å². The van der Waals surface area contributed by atoms with Crippen LogP contribution < -0.4 is 16.3 Å². The van der Waals surface area contributed by atoms with Gasteiger partial charge >= 0.3 is 12.1 Å². The lowest BCUT2D eigenvalue weighted by Gasteiger charge is -2.23. The summed E-state index contributed by atoms with van der Waals surface area (Å²) in [6.45, 7) is 1.13. The molecule has 3 unspecified atom stereocenters. The lowest BCUT2D eigenvalue weighted by molar-refractivity contribution is -0.124. The number of Topliss-reactive ketones (excluding diaryl/α,β-unsaturated/α-hetero) is 2. The number of nitrogens with zero attached hydrogens (tertiary/aromatic N) is 6. The number of hydrazone groups is 3. The molecule has 6 bridgehead atoms. The highest BCUT2D eigenvalue weighted by Gasteiger charge is 2.37. The summed E-state index contributed by atoms with van der Waals surface area (Å²) in [6.07, 6.45) is 7.61. The van der Waals surface area contributed by atoms with Crippen molar-refractivity contribution >= 4 is 54.1 Å². The van der Waals surface area contributed by atoms with Crippen LogP contribution in [0, 0.1) is 0 Å². The van der Waals surface area contributed by atoms with E-state index in [4.69, 9.17) is 0 Å². The van der Waals surface area contributed by atoms with Crippen molar-refractivity contribution < 1.29 is 28.8 Å². The van der Waals surface area contributed by atoms with Crippen LogP contribution in [0.1, 0.15) is 86.3 Å². The second-order valence-corrected chi connectivity index (χ2v) is 13.5. The molecule has 7 rings (SSSR count). The Labute approximate surface area is 311 Å². The van der Waals surface area contributed by atoms with Crippen molar-refractivity contribution in [2.45, 2.75) is 56.7 Å². The van der Waals surface area contributed by atoms with Gasteiger partial charge in [0, 0.05) is 36.3 Å². The lowest BCUT2D eigenvalue weighted by atomic mass is 10.0. The van der Waals surface area contributed by atoms with Crippen molar-refractivity contribution in [1.82, 2.24) is 31.0 Å². The van der Waals surface area contributed by atoms with Crippen LogP contribution in [0.3, 0.4) is 0 Å². The van der Waals surface area contributed by atoms with E-state index in [1.165, 1.54) is 33.3 Å². The van der Waals surface area contributed by atoms with Crippen LogP contribution in [0.25, 0.3) is 0 Å². The normalized spacial score (nSPS) is 24.4. The lowest BCUT2D eigenvalue weighted by Crippen LogP contribution is -2.44. The molecule has 3 saturated heterocycles. The molecule has 15 nitrogen and oxygen atoms in total. The predicted octanol–water partition coefficient (Wildman–Crippen LogP) is 3.54. The number of hydrogen-bond acceptors (Lipinski definition) is 9. The largest absolute Gasteiger partial charge is 0.338 e. The molecule has 3 aromatic carbocycles. The van der Waals surface area contributed by atoms with Gasteiger partial charge in [0.1, 0.15) is 6.04 Å². The maximum absolute atomic E-state index is 13.6. The van der Waals surface area contributed by atoms with E-state index in [1.807, 2.05) is 0 Å². The Kier molecular flexibility index (Phi) is 10.6. The van der Waals surface area contributed by atoms with Crippen molar-refractivity contribution in [3.63, 3.8) is 0 Å². The van der Waals surface area contributed by atoms with E-state index in [0.717, 1.165) is 0 Å². The van der Waals surface area contributed by atoms with Crippen LogP contribution in [0.5, 0.6) is 0 Å². The van der Waals surface area contributed by atoms with Crippen molar-refractivity contribution in [1.29, 1.82) is 0 Å². The number of fused-ring (bicyclic) bond motifs is 9. The average molecular weight is 730 g/mol. The third-order valence-electron chi connectivity index (χ3n) is 10.1. The molecule has 4 aliphatic heterocycles. The molecule has 0 aromatic heterocycles. The number of nitrogens with one attached hydrogen (secondary N) is 3. The fourth-order valence-electron chi connectivity index (χ4n) is 7.39. The summed E-state index contributed by atoms with van der Waals surface area (Å²) < 4.78 is 0. The zero-order valence-corrected chi connectivity index (χ0v) is 29.4. The Morgan fingerprint density at radius 1 is 0.481 bits per heavy atom. The molecule has 54 heavy (non-hydrogen) atoms. The van der Waals surface area contributed by atoms with E-state index >= 15 is 0 Å². The number of hydrogen-bond donors (Lipinski definition) is 3. The van der Waals surface area contributed by atoms with Crippen LogP contribution in [0.2, 0.25) is 0 Å². The molecule has 3 atom stereocenters. The second-order valence-electron chi connectivity index (χ2n) is 13.5. The molecule has 0 radical (unpaired) electrons. The standard InChI is InChI=1S/C39H39N9O6/c49-34-28-10-1-7-25(19-28)22-40-43-36(51)33-15-6-16-46(33)37(52)30-12-3-9-27(21-30)24-42-45-39(54)48-18-5-14-32(48)35(50)29-11-2-8-26(20-29)23-41-44-38(53)47-17-4-13-31(34)47/h1-3,7-12,19-24,31-33H,4-6,13-18H2,(H,43,51)(H,44,53)(H,45,54)/b40-22-,41-23-,42-24-. The van der Waals surface area contributed by atoms with Crippen LogP contribution in [-0.2, 0) is 4.79 Å². The Morgan fingerprint density at radius 3 is 1.39 bits per heavy atom. The van der Waals surface area contributed by atoms with Gasteiger partial charge in [-0.15, -0.1) is 0 Å². The van der Waals surface area contributed by atoms with Crippen LogP contribution in [-0.4, -0.2) is 107 Å². The average Bonchev–Trinajstić information content (AvgIpc) is 3.99. The van der Waals surface area contributed by atoms with Gasteiger partial charge in [0.05, 0.1) is 30.7 Å². The Morgan fingerprint density at radius 2 is 0.889 bits per heavy atom. The minimum Gasteiger partial charge on any atom is -0.327 e. The Balaban J connectivity index is 1.15. The maximum atomic E-state index is 13.6. The van der Waals surface area contributed by atoms with Gasteiger partial charge in [0.15, 0.2) is 11.6 Å². The number of rotatable bonds is 0. The van der Waals surface area contributed by atoms with Gasteiger partial charge in [-0.1, -0.05) is 48.5 Å². The van der Waals surface area contributed by atoms with E-state index in [-0.39, 0.29) is 17.5 Å². The van der Waals surface area contributed by atoms with E-state index in [0.29, 0.717) is 91.5 Å². The molecule has 0 spiro atoms. The molecule has 4 aliphatic rings. The monoisotopic (exact) mass is 729 g/mol. The molecule has 276 valence electrons. The highest BCUT2D eigenvalue weighted by Crippen LogP contribution is 2.24. The van der Waals surface area contributed by atoms with Crippen molar-refractivity contribution in [3.05, 3.63) is 106 Å². The minimum absolute atomic E-state index is 0.234. The zero-order chi connectivity index (χ0) is 37.6. The summed E-state index contributed by atoms with van der Waals surface area (Å²) in [4.78, 5) is 84.8. The Hall–Kier alpha value is -6.51. The third kappa shape index (κ3) is 7.79. The van der Waals surface area contributed by atoms with Crippen LogP contribution in [0.15, 0.2) is 88.1 Å². The predicted molar refractivity (Wildman–Crippen MR) is 199 cm³/mol. The molecule has 0 aliphatic carbocycles. The third-order valence-corrected chi connectivity index (χ3v) is 10.1. The molecule has 4 heterocycles. The topological polar surface area (TPSA) is 185 Å². The van der Waals surface area contributed by atoms with E-state index in [1.54, 1.807) is 72.8 Å². The number of benzene rings is 3. The first-order valence-corrected chi connectivity index (χ1v) is 18.0. The summed E-state index contributed by atoms with van der Waals surface area (Å²) in [6, 6.07) is 17.0. The van der Waals surface area contributed by atoms with Crippen molar-refractivity contribution in [3.8, 4) is 0 Å². The van der Waals surface area contributed by atoms with Gasteiger partial charge in [-0.05, 0) is 79.5 Å². The second kappa shape index (κ2) is 16.0. The van der Waals surface area contributed by atoms with E-state index < -0.39 is 36.1 Å². The molecule has 3 fully saturated rings. The van der Waals surface area contributed by atoms with Crippen LogP contribution >= 0.6 is 0 Å². The molecule has 3 N–H and O–H groups in total. The smallest absolute Gasteiger partial charge is 0.327 e. The fraction of sp³-hybridized carbons (Fsp3) is 0.308. The first-order chi connectivity index (χ1) is 26.3. The van der Waals surface area contributed by atoms with Crippen molar-refractivity contribution in [2.75, 3.05) is 19.6 Å². The molecular formula is C39H39N9O6. The summed E-state index contributed by atoms with van der Waals surface area (Å²) >= 11 is 0. The van der Waals surface area contributed by atoms with Crippen molar-refractivity contribution in [2.24, 2.45) is 15.3 Å². The number of ketones is 2. The summed E-state index contributed by atoms with van der Waals surface area (Å²) in [5.41, 5.74) is 10.4. The maximum Gasteiger partial charge on any atom is 0.338 e. The van der Waals surface area contributed by atoms with Gasteiger partial charge in [-0.3, -0.25) is 19.2 Å². The number of carbonyl (C=O) groups is 6. The van der Waals surface area contributed by atoms with Gasteiger partial charge in [-0.25, -0.2) is 25.9 Å². The SMILES string of the molecule is O=C1N/N=C\c2cccc(c2)C(=O)C2CCCN2C(=O)N/N=C\c2cccc(c2)C(=O)C2CCCN2C(=O)N/N=C\c2cccc(c2)C(=O)N2CCCC12. The summed E-state index contributed by atoms with van der Waals surface area (Å²) in [7, 11) is 0. The Bertz CT molecular complexity index is 1850. The van der Waals surface area contributed by atoms with E-state index in [2.05, 4.69) is 31.6 Å². The van der Waals surface area contributed by atoms with Crippen LogP contribution in [0.4, 0.5) is 9.59 Å². The fourth-order valence-corrected chi connectivity index (χ4v) is 7.39. The molecule has 6 amide bonds. The first kappa shape index (κ1) is 35.9. The quantitative estimate of drug-likeness (QED) is 0.318. The van der Waals surface area contributed by atoms with E-state index in [9.17, 15) is 28.8 Å².